The summed E-state index contributed by atoms with van der Waals surface area (Å²) >= 11 is 3.26. The number of halogens is 1. The Kier molecular flexibility index (Phi) is 4.76. The molecule has 8 nitrogen and oxygen atoms in total. The van der Waals surface area contributed by atoms with E-state index in [4.69, 9.17) is 0 Å². The van der Waals surface area contributed by atoms with E-state index in [1.54, 1.807) is 12.4 Å². The summed E-state index contributed by atoms with van der Waals surface area (Å²) in [6, 6.07) is 2.93. The zero-order chi connectivity index (χ0) is 16.3. The Labute approximate surface area is 134 Å². The lowest BCUT2D eigenvalue weighted by Gasteiger charge is -2.16. The van der Waals surface area contributed by atoms with Gasteiger partial charge >= 0.3 is 0 Å². The molecule has 1 atom stereocenters. The number of benzene rings is 1. The van der Waals surface area contributed by atoms with E-state index in [1.807, 2.05) is 6.92 Å². The number of nitrogens with zero attached hydrogens (tertiary/aromatic N) is 3. The van der Waals surface area contributed by atoms with Gasteiger partial charge in [-0.05, 0) is 28.4 Å². The van der Waals surface area contributed by atoms with Gasteiger partial charge in [0.15, 0.2) is 0 Å². The zero-order valence-corrected chi connectivity index (χ0v) is 13.1. The minimum absolute atomic E-state index is 0.111. The highest BCUT2D eigenvalue weighted by Gasteiger charge is 2.21. The molecule has 1 unspecified atom stereocenters. The number of hydrogen-bond donors (Lipinski definition) is 2. The molecule has 1 aromatic carbocycles. The molecular weight excluding hydrogens is 356 g/mol. The second-order valence-corrected chi connectivity index (χ2v) is 5.43. The average Bonchev–Trinajstić information content (AvgIpc) is 2.88. The summed E-state index contributed by atoms with van der Waals surface area (Å²) in [4.78, 5) is 22.3. The number of aromatic hydroxyl groups is 1. The van der Waals surface area contributed by atoms with Crippen molar-refractivity contribution in [3.63, 3.8) is 0 Å². The van der Waals surface area contributed by atoms with E-state index in [9.17, 15) is 20.0 Å². The number of nitro benzene ring substituents is 1. The van der Waals surface area contributed by atoms with Crippen molar-refractivity contribution in [3.8, 4) is 5.75 Å². The molecule has 0 saturated heterocycles. The molecule has 1 heterocycles. The fourth-order valence-corrected chi connectivity index (χ4v) is 2.23. The fourth-order valence-electron chi connectivity index (χ4n) is 1.93. The van der Waals surface area contributed by atoms with E-state index in [0.29, 0.717) is 6.42 Å². The van der Waals surface area contributed by atoms with Crippen molar-refractivity contribution in [2.75, 3.05) is 5.32 Å². The first-order valence-electron chi connectivity index (χ1n) is 6.40. The van der Waals surface area contributed by atoms with Crippen LogP contribution in [0.25, 0.3) is 0 Å². The number of nitro groups is 1. The van der Waals surface area contributed by atoms with Crippen LogP contribution in [0.4, 0.5) is 11.4 Å². The largest absolute Gasteiger partial charge is 0.506 e. The van der Waals surface area contributed by atoms with E-state index < -0.39 is 11.0 Å². The number of hydrogen-bond acceptors (Lipinski definition) is 5. The molecule has 0 aliphatic rings. The minimum Gasteiger partial charge on any atom is -0.506 e. The Hall–Kier alpha value is -2.42. The quantitative estimate of drug-likeness (QED) is 0.478. The molecule has 116 valence electrons. The van der Waals surface area contributed by atoms with Crippen LogP contribution in [-0.2, 0) is 4.79 Å². The third-order valence-electron chi connectivity index (χ3n) is 3.03. The zero-order valence-electron chi connectivity index (χ0n) is 11.6. The van der Waals surface area contributed by atoms with E-state index in [2.05, 4.69) is 26.3 Å². The van der Waals surface area contributed by atoms with Gasteiger partial charge in [0.05, 0.1) is 27.3 Å². The van der Waals surface area contributed by atoms with Gasteiger partial charge in [0.1, 0.15) is 11.8 Å². The van der Waals surface area contributed by atoms with Crippen LogP contribution in [0.2, 0.25) is 0 Å². The van der Waals surface area contributed by atoms with Crippen molar-refractivity contribution in [2.45, 2.75) is 19.4 Å². The molecule has 0 aliphatic carbocycles. The summed E-state index contributed by atoms with van der Waals surface area (Å²) in [7, 11) is 0. The van der Waals surface area contributed by atoms with Crippen LogP contribution in [0.15, 0.2) is 35.1 Å². The molecule has 22 heavy (non-hydrogen) atoms. The predicted octanol–water partition coefficient (Wildman–Crippen LogP) is 2.85. The second-order valence-electron chi connectivity index (χ2n) is 4.51. The maximum atomic E-state index is 12.3. The summed E-state index contributed by atoms with van der Waals surface area (Å²) in [6.45, 7) is 1.83. The molecule has 0 aliphatic heterocycles. The lowest BCUT2D eigenvalue weighted by molar-refractivity contribution is -0.384. The molecule has 0 radical (unpaired) electrons. The number of anilines is 1. The Morgan fingerprint density at radius 3 is 2.82 bits per heavy atom. The van der Waals surface area contributed by atoms with Crippen molar-refractivity contribution in [3.05, 3.63) is 45.2 Å². The Balaban J connectivity index is 2.18. The standard InChI is InChI=1S/C13H13BrN4O4/c1-2-11(17-7-8(14)6-15-17)13(20)16-10-4-3-9(18(21)22)5-12(10)19/h3-7,11,19H,2H2,1H3,(H,16,20). The monoisotopic (exact) mass is 368 g/mol. The number of non-ortho nitro benzene ring substituents is 1. The Bertz CT molecular complexity index is 716. The second kappa shape index (κ2) is 6.56. The van der Waals surface area contributed by atoms with E-state index in [0.717, 1.165) is 10.5 Å². The number of aromatic nitrogens is 2. The molecule has 1 aromatic heterocycles. The summed E-state index contributed by atoms with van der Waals surface area (Å²) < 4.78 is 2.25. The SMILES string of the molecule is CCC(C(=O)Nc1ccc([N+](=O)[O-])cc1O)n1cc(Br)cn1. The molecule has 0 saturated carbocycles. The van der Waals surface area contributed by atoms with Crippen molar-refractivity contribution in [1.29, 1.82) is 0 Å². The van der Waals surface area contributed by atoms with Gasteiger partial charge in [-0.2, -0.15) is 5.10 Å². The maximum Gasteiger partial charge on any atom is 0.273 e. The first kappa shape index (κ1) is 16.0. The van der Waals surface area contributed by atoms with Crippen molar-refractivity contribution >= 4 is 33.2 Å². The van der Waals surface area contributed by atoms with Crippen LogP contribution >= 0.6 is 15.9 Å². The number of phenolic OH excluding ortho intramolecular Hbond substituents is 1. The van der Waals surface area contributed by atoms with Crippen molar-refractivity contribution in [1.82, 2.24) is 9.78 Å². The molecule has 9 heteroatoms. The van der Waals surface area contributed by atoms with E-state index >= 15 is 0 Å². The fraction of sp³-hybridized carbons (Fsp3) is 0.231. The molecule has 2 rings (SSSR count). The first-order valence-corrected chi connectivity index (χ1v) is 7.19. The minimum atomic E-state index is -0.624. The van der Waals surface area contributed by atoms with E-state index in [-0.39, 0.29) is 23.0 Å². The number of carbonyl (C=O) groups is 1. The highest BCUT2D eigenvalue weighted by Crippen LogP contribution is 2.29. The lowest BCUT2D eigenvalue weighted by Crippen LogP contribution is -2.26. The Morgan fingerprint density at radius 2 is 2.32 bits per heavy atom. The molecule has 2 aromatic rings. The molecule has 1 amide bonds. The summed E-state index contributed by atoms with van der Waals surface area (Å²) in [6.07, 6.45) is 3.73. The highest BCUT2D eigenvalue weighted by atomic mass is 79.9. The number of phenols is 1. The molecular formula is C13H13BrN4O4. The van der Waals surface area contributed by atoms with Gasteiger partial charge in [-0.15, -0.1) is 0 Å². The van der Waals surface area contributed by atoms with Crippen LogP contribution in [0.1, 0.15) is 19.4 Å². The maximum absolute atomic E-state index is 12.3. The van der Waals surface area contributed by atoms with Gasteiger partial charge in [-0.25, -0.2) is 0 Å². The number of rotatable bonds is 5. The summed E-state index contributed by atoms with van der Waals surface area (Å²) in [5.74, 6) is -0.735. The summed E-state index contributed by atoms with van der Waals surface area (Å²) in [5.41, 5.74) is -0.140. The average molecular weight is 369 g/mol. The van der Waals surface area contributed by atoms with Gasteiger partial charge in [-0.3, -0.25) is 19.6 Å². The lowest BCUT2D eigenvalue weighted by atomic mass is 10.2. The first-order chi connectivity index (χ1) is 10.4. The predicted molar refractivity (Wildman–Crippen MR) is 82.6 cm³/mol. The van der Waals surface area contributed by atoms with Crippen LogP contribution in [0.5, 0.6) is 5.75 Å². The van der Waals surface area contributed by atoms with Gasteiger partial charge in [0.2, 0.25) is 5.91 Å². The normalized spacial score (nSPS) is 11.9. The number of nitrogens with one attached hydrogen (secondary N) is 1. The van der Waals surface area contributed by atoms with Gasteiger partial charge < -0.3 is 10.4 Å². The van der Waals surface area contributed by atoms with Crippen LogP contribution in [0.3, 0.4) is 0 Å². The highest BCUT2D eigenvalue weighted by molar-refractivity contribution is 9.10. The van der Waals surface area contributed by atoms with Gasteiger partial charge in [0.25, 0.3) is 5.69 Å². The number of amides is 1. The van der Waals surface area contributed by atoms with Crippen molar-refractivity contribution in [2.24, 2.45) is 0 Å². The van der Waals surface area contributed by atoms with Crippen LogP contribution in [-0.4, -0.2) is 25.7 Å². The Morgan fingerprint density at radius 1 is 1.59 bits per heavy atom. The van der Waals surface area contributed by atoms with Gasteiger partial charge in [0, 0.05) is 12.3 Å². The summed E-state index contributed by atoms with van der Waals surface area (Å²) in [5, 5.41) is 27.0. The third kappa shape index (κ3) is 3.42. The third-order valence-corrected chi connectivity index (χ3v) is 3.44. The topological polar surface area (TPSA) is 110 Å². The molecule has 2 N–H and O–H groups in total. The van der Waals surface area contributed by atoms with Gasteiger partial charge in [-0.1, -0.05) is 6.92 Å². The molecule has 0 fully saturated rings. The van der Waals surface area contributed by atoms with Crippen LogP contribution in [0, 0.1) is 10.1 Å². The van der Waals surface area contributed by atoms with E-state index in [1.165, 1.54) is 16.8 Å². The molecule has 0 spiro atoms. The van der Waals surface area contributed by atoms with Crippen molar-refractivity contribution < 1.29 is 14.8 Å². The molecule has 0 bridgehead atoms. The number of carbonyl (C=O) groups excluding carboxylic acids is 1. The van der Waals surface area contributed by atoms with Crippen LogP contribution < -0.4 is 5.32 Å². The smallest absolute Gasteiger partial charge is 0.273 e.